The number of amides is 1. The summed E-state index contributed by atoms with van der Waals surface area (Å²) in [5.41, 5.74) is 2.30. The molecule has 1 aromatic carbocycles. The lowest BCUT2D eigenvalue weighted by molar-refractivity contribution is -0.116. The molecule has 3 aliphatic rings. The highest BCUT2D eigenvalue weighted by atomic mass is 16.5. The zero-order valence-corrected chi connectivity index (χ0v) is 19.2. The summed E-state index contributed by atoms with van der Waals surface area (Å²) in [7, 11) is 1.69. The first-order valence-electron chi connectivity index (χ1n) is 11.6. The topological polar surface area (TPSA) is 53.9 Å². The Morgan fingerprint density at radius 2 is 2.13 bits per heavy atom. The van der Waals surface area contributed by atoms with E-state index in [1.807, 2.05) is 12.1 Å². The van der Waals surface area contributed by atoms with Crippen molar-refractivity contribution in [2.75, 3.05) is 13.7 Å². The first-order chi connectivity index (χ1) is 14.3. The quantitative estimate of drug-likeness (QED) is 0.692. The summed E-state index contributed by atoms with van der Waals surface area (Å²) in [4.78, 5) is 13.3. The summed E-state index contributed by atoms with van der Waals surface area (Å²) in [5, 5.41) is 10.3. The third-order valence-corrected chi connectivity index (χ3v) is 8.58. The Morgan fingerprint density at radius 1 is 1.33 bits per heavy atom. The molecule has 2 saturated carbocycles. The van der Waals surface area contributed by atoms with Crippen LogP contribution >= 0.6 is 0 Å². The number of benzene rings is 1. The SMILES string of the molecule is CCCCN1N=C(C(=O)N[C@H]2C[C@@H]3CC[C@]2(C)C3(C)C)CC1c1cccc(OC)c1. The van der Waals surface area contributed by atoms with Gasteiger partial charge in [-0.1, -0.05) is 46.2 Å². The van der Waals surface area contributed by atoms with Crippen LogP contribution in [-0.2, 0) is 4.79 Å². The Bertz CT molecular complexity index is 833. The van der Waals surface area contributed by atoms with Gasteiger partial charge in [-0.25, -0.2) is 0 Å². The van der Waals surface area contributed by atoms with E-state index in [0.29, 0.717) is 23.5 Å². The van der Waals surface area contributed by atoms with Crippen molar-refractivity contribution in [1.82, 2.24) is 10.3 Å². The van der Waals surface area contributed by atoms with Gasteiger partial charge in [0.25, 0.3) is 5.91 Å². The van der Waals surface area contributed by atoms with Gasteiger partial charge >= 0.3 is 0 Å². The number of carbonyl (C=O) groups is 1. The van der Waals surface area contributed by atoms with Gasteiger partial charge in [0, 0.05) is 19.0 Å². The molecular formula is C25H37N3O2. The minimum Gasteiger partial charge on any atom is -0.497 e. The minimum absolute atomic E-state index is 0.0245. The number of nitrogens with one attached hydrogen (secondary N) is 1. The van der Waals surface area contributed by atoms with Crippen molar-refractivity contribution < 1.29 is 9.53 Å². The molecule has 4 atom stereocenters. The van der Waals surface area contributed by atoms with Gasteiger partial charge in [0.2, 0.25) is 0 Å². The van der Waals surface area contributed by atoms with E-state index < -0.39 is 0 Å². The third-order valence-electron chi connectivity index (χ3n) is 8.58. The van der Waals surface area contributed by atoms with Crippen LogP contribution in [0.3, 0.4) is 0 Å². The molecule has 0 radical (unpaired) electrons. The number of hydrogen-bond acceptors (Lipinski definition) is 4. The summed E-state index contributed by atoms with van der Waals surface area (Å²) in [6.07, 6.45) is 6.42. The monoisotopic (exact) mass is 411 g/mol. The van der Waals surface area contributed by atoms with Gasteiger partial charge in [-0.15, -0.1) is 0 Å². The molecule has 2 fully saturated rings. The van der Waals surface area contributed by atoms with Gasteiger partial charge in [-0.3, -0.25) is 9.80 Å². The lowest BCUT2D eigenvalue weighted by Crippen LogP contribution is -2.48. The molecule has 5 nitrogen and oxygen atoms in total. The van der Waals surface area contributed by atoms with Gasteiger partial charge in [0.1, 0.15) is 11.5 Å². The number of fused-ring (bicyclic) bond motifs is 2. The zero-order chi connectivity index (χ0) is 21.5. The molecule has 0 spiro atoms. The van der Waals surface area contributed by atoms with Crippen molar-refractivity contribution in [2.45, 2.75) is 78.3 Å². The molecule has 0 aromatic heterocycles. The van der Waals surface area contributed by atoms with Crippen LogP contribution in [0.25, 0.3) is 0 Å². The molecule has 1 aliphatic heterocycles. The number of nitrogens with zero attached hydrogens (tertiary/aromatic N) is 2. The first kappa shape index (κ1) is 21.2. The van der Waals surface area contributed by atoms with E-state index in [2.05, 4.69) is 50.2 Å². The number of methoxy groups -OCH3 is 1. The molecule has 5 heteroatoms. The zero-order valence-electron chi connectivity index (χ0n) is 19.2. The molecule has 2 aliphatic carbocycles. The highest BCUT2D eigenvalue weighted by molar-refractivity contribution is 6.39. The van der Waals surface area contributed by atoms with Crippen LogP contribution in [0.1, 0.15) is 77.8 Å². The Hall–Kier alpha value is -2.04. The fraction of sp³-hybridized carbons (Fsp3) is 0.680. The Kier molecular flexibility index (Phi) is 5.58. The van der Waals surface area contributed by atoms with E-state index in [4.69, 9.17) is 9.84 Å². The maximum absolute atomic E-state index is 13.3. The minimum atomic E-state index is 0.0245. The third kappa shape index (κ3) is 3.40. The maximum Gasteiger partial charge on any atom is 0.267 e. The largest absolute Gasteiger partial charge is 0.497 e. The van der Waals surface area contributed by atoms with Gasteiger partial charge in [-0.2, -0.15) is 5.10 Å². The Morgan fingerprint density at radius 3 is 2.77 bits per heavy atom. The smallest absolute Gasteiger partial charge is 0.267 e. The van der Waals surface area contributed by atoms with Crippen LogP contribution in [0, 0.1) is 16.7 Å². The van der Waals surface area contributed by atoms with Gasteiger partial charge in [0.15, 0.2) is 0 Å². The number of ether oxygens (including phenoxy) is 1. The van der Waals surface area contributed by atoms with Crippen LogP contribution in [0.2, 0.25) is 0 Å². The standard InChI is InChI=1S/C25H37N3O2/c1-6-7-13-28-21(17-9-8-10-19(14-17)30-5)16-20(27-28)23(29)26-22-15-18-11-12-25(22,4)24(18,2)3/h8-10,14,18,21-22H,6-7,11-13,15-16H2,1-5H3,(H,26,29)/t18-,21?,22-,25-/m0/s1. The Balaban J connectivity index is 1.50. The van der Waals surface area contributed by atoms with E-state index in [0.717, 1.165) is 37.1 Å². The normalized spacial score (nSPS) is 31.7. The Labute approximate surface area is 181 Å². The molecule has 4 rings (SSSR count). The lowest BCUT2D eigenvalue weighted by atomic mass is 9.69. The molecule has 1 amide bonds. The van der Waals surface area contributed by atoms with E-state index in [1.165, 1.54) is 12.8 Å². The van der Waals surface area contributed by atoms with Gasteiger partial charge in [0.05, 0.1) is 13.2 Å². The predicted molar refractivity (Wildman–Crippen MR) is 121 cm³/mol. The van der Waals surface area contributed by atoms with Crippen LogP contribution < -0.4 is 10.1 Å². The van der Waals surface area contributed by atoms with Gasteiger partial charge < -0.3 is 10.1 Å². The van der Waals surface area contributed by atoms with E-state index in [9.17, 15) is 4.79 Å². The van der Waals surface area contributed by atoms with Crippen molar-refractivity contribution in [3.63, 3.8) is 0 Å². The molecule has 1 N–H and O–H groups in total. The van der Waals surface area contributed by atoms with Crippen molar-refractivity contribution in [2.24, 2.45) is 21.8 Å². The summed E-state index contributed by atoms with van der Waals surface area (Å²) in [5.74, 6) is 1.58. The number of unbranched alkanes of at least 4 members (excludes halogenated alkanes) is 1. The van der Waals surface area contributed by atoms with Crippen LogP contribution in [0.5, 0.6) is 5.75 Å². The van der Waals surface area contributed by atoms with Crippen LogP contribution in [0.15, 0.2) is 29.4 Å². The number of carbonyl (C=O) groups excluding carboxylic acids is 1. The molecule has 1 unspecified atom stereocenters. The lowest BCUT2D eigenvalue weighted by Gasteiger charge is -2.39. The summed E-state index contributed by atoms with van der Waals surface area (Å²) in [6.45, 7) is 10.2. The molecule has 2 bridgehead atoms. The second-order valence-electron chi connectivity index (χ2n) is 10.2. The molecule has 0 saturated heterocycles. The first-order valence-corrected chi connectivity index (χ1v) is 11.6. The highest BCUT2D eigenvalue weighted by Crippen LogP contribution is 2.65. The molecule has 30 heavy (non-hydrogen) atoms. The maximum atomic E-state index is 13.3. The summed E-state index contributed by atoms with van der Waals surface area (Å²) < 4.78 is 5.42. The average molecular weight is 412 g/mol. The fourth-order valence-electron chi connectivity index (χ4n) is 6.02. The van der Waals surface area contributed by atoms with Crippen LogP contribution in [-0.4, -0.2) is 36.3 Å². The number of hydrogen-bond donors (Lipinski definition) is 1. The highest BCUT2D eigenvalue weighted by Gasteiger charge is 2.61. The van der Waals surface area contributed by atoms with E-state index >= 15 is 0 Å². The molecular weight excluding hydrogens is 374 g/mol. The summed E-state index contributed by atoms with van der Waals surface area (Å²) >= 11 is 0. The fourth-order valence-corrected chi connectivity index (χ4v) is 6.02. The van der Waals surface area contributed by atoms with E-state index in [-0.39, 0.29) is 23.4 Å². The van der Waals surface area contributed by atoms with Crippen molar-refractivity contribution >= 4 is 11.6 Å². The molecule has 1 heterocycles. The van der Waals surface area contributed by atoms with Gasteiger partial charge in [-0.05, 0) is 60.1 Å². The molecule has 164 valence electrons. The van der Waals surface area contributed by atoms with Crippen molar-refractivity contribution in [3.05, 3.63) is 29.8 Å². The average Bonchev–Trinajstić information content (AvgIpc) is 3.32. The second kappa shape index (κ2) is 7.90. The van der Waals surface area contributed by atoms with Crippen molar-refractivity contribution in [3.8, 4) is 5.75 Å². The van der Waals surface area contributed by atoms with E-state index in [1.54, 1.807) is 7.11 Å². The number of hydrazone groups is 1. The summed E-state index contributed by atoms with van der Waals surface area (Å²) in [6, 6.07) is 8.51. The van der Waals surface area contributed by atoms with Crippen LogP contribution in [0.4, 0.5) is 0 Å². The molecule has 1 aromatic rings. The second-order valence-corrected chi connectivity index (χ2v) is 10.2. The van der Waals surface area contributed by atoms with Crippen molar-refractivity contribution in [1.29, 1.82) is 0 Å². The predicted octanol–water partition coefficient (Wildman–Crippen LogP) is 4.93. The number of rotatable bonds is 7.